The van der Waals surface area contributed by atoms with E-state index in [2.05, 4.69) is 26.4 Å². The summed E-state index contributed by atoms with van der Waals surface area (Å²) in [5.74, 6) is 1.22. The van der Waals surface area contributed by atoms with Gasteiger partial charge in [0.1, 0.15) is 5.82 Å². The Labute approximate surface area is 149 Å². The van der Waals surface area contributed by atoms with Crippen molar-refractivity contribution in [3.05, 3.63) is 24.4 Å². The molecule has 1 saturated heterocycles. The second-order valence-corrected chi connectivity index (χ2v) is 7.88. The third-order valence-electron chi connectivity index (χ3n) is 5.04. The van der Waals surface area contributed by atoms with Gasteiger partial charge in [0, 0.05) is 43.7 Å². The minimum Gasteiger partial charge on any atom is -0.354 e. The van der Waals surface area contributed by atoms with E-state index in [1.54, 1.807) is 0 Å². The fourth-order valence-electron chi connectivity index (χ4n) is 3.64. The number of nitrogens with one attached hydrogen (secondary N) is 1. The van der Waals surface area contributed by atoms with E-state index in [0.29, 0.717) is 17.8 Å². The Balaban J connectivity index is 1.40. The normalized spacial score (nSPS) is 25.5. The van der Waals surface area contributed by atoms with Crippen molar-refractivity contribution < 1.29 is 4.79 Å². The molecule has 1 amide bonds. The zero-order valence-corrected chi connectivity index (χ0v) is 15.3. The molecule has 3 rings (SSSR count). The van der Waals surface area contributed by atoms with Crippen LogP contribution in [-0.2, 0) is 4.79 Å². The van der Waals surface area contributed by atoms with Crippen molar-refractivity contribution >= 4 is 23.5 Å². The first kappa shape index (κ1) is 17.5. The first-order chi connectivity index (χ1) is 11.7. The molecule has 0 radical (unpaired) electrons. The highest BCUT2D eigenvalue weighted by molar-refractivity contribution is 7.99. The van der Waals surface area contributed by atoms with Crippen LogP contribution in [0.3, 0.4) is 0 Å². The Morgan fingerprint density at radius 2 is 2.12 bits per heavy atom. The SMILES string of the molecule is CS[C@H]1CCC[C@H](NC(=O)CN2CCN(c3ccccn3)CC2)C1. The number of anilines is 1. The largest absolute Gasteiger partial charge is 0.354 e. The van der Waals surface area contributed by atoms with Crippen molar-refractivity contribution in [2.45, 2.75) is 37.0 Å². The van der Waals surface area contributed by atoms with Crippen molar-refractivity contribution in [1.82, 2.24) is 15.2 Å². The molecule has 0 bridgehead atoms. The van der Waals surface area contributed by atoms with Gasteiger partial charge in [-0.1, -0.05) is 12.5 Å². The average Bonchev–Trinajstić information content (AvgIpc) is 2.63. The number of hydrogen-bond acceptors (Lipinski definition) is 5. The van der Waals surface area contributed by atoms with Gasteiger partial charge < -0.3 is 10.2 Å². The van der Waals surface area contributed by atoms with Gasteiger partial charge in [0.2, 0.25) is 5.91 Å². The lowest BCUT2D eigenvalue weighted by Crippen LogP contribution is -2.51. The molecule has 24 heavy (non-hydrogen) atoms. The number of carbonyl (C=O) groups is 1. The molecular weight excluding hydrogens is 320 g/mol. The Kier molecular flexibility index (Phi) is 6.37. The molecule has 1 aromatic heterocycles. The molecule has 2 heterocycles. The molecule has 6 heteroatoms. The summed E-state index contributed by atoms with van der Waals surface area (Å²) in [5.41, 5.74) is 0. The van der Waals surface area contributed by atoms with Gasteiger partial charge in [-0.3, -0.25) is 9.69 Å². The highest BCUT2D eigenvalue weighted by atomic mass is 32.2. The Bertz CT molecular complexity index is 519. The summed E-state index contributed by atoms with van der Waals surface area (Å²) >= 11 is 1.94. The minimum atomic E-state index is 0.188. The van der Waals surface area contributed by atoms with Gasteiger partial charge in [-0.25, -0.2) is 4.98 Å². The monoisotopic (exact) mass is 348 g/mol. The summed E-state index contributed by atoms with van der Waals surface area (Å²) in [6.45, 7) is 4.23. The van der Waals surface area contributed by atoms with E-state index < -0.39 is 0 Å². The van der Waals surface area contributed by atoms with Crippen molar-refractivity contribution in [1.29, 1.82) is 0 Å². The fraction of sp³-hybridized carbons (Fsp3) is 0.667. The molecular formula is C18H28N4OS. The molecule has 0 spiro atoms. The smallest absolute Gasteiger partial charge is 0.234 e. The maximum Gasteiger partial charge on any atom is 0.234 e. The molecule has 1 aliphatic heterocycles. The molecule has 132 valence electrons. The van der Waals surface area contributed by atoms with Crippen LogP contribution in [0.1, 0.15) is 25.7 Å². The van der Waals surface area contributed by atoms with Gasteiger partial charge >= 0.3 is 0 Å². The maximum atomic E-state index is 12.3. The van der Waals surface area contributed by atoms with E-state index in [1.165, 1.54) is 12.8 Å². The first-order valence-electron chi connectivity index (χ1n) is 8.95. The van der Waals surface area contributed by atoms with Crippen molar-refractivity contribution in [2.75, 3.05) is 43.9 Å². The molecule has 1 saturated carbocycles. The van der Waals surface area contributed by atoms with Crippen LogP contribution >= 0.6 is 11.8 Å². The van der Waals surface area contributed by atoms with E-state index in [0.717, 1.165) is 44.8 Å². The molecule has 1 N–H and O–H groups in total. The lowest BCUT2D eigenvalue weighted by molar-refractivity contribution is -0.123. The second kappa shape index (κ2) is 8.72. The van der Waals surface area contributed by atoms with Gasteiger partial charge in [-0.05, 0) is 37.7 Å². The molecule has 2 fully saturated rings. The Hall–Kier alpha value is -1.27. The van der Waals surface area contributed by atoms with Crippen LogP contribution in [-0.4, -0.2) is 66.1 Å². The number of aromatic nitrogens is 1. The predicted molar refractivity (Wildman–Crippen MR) is 101 cm³/mol. The molecule has 0 unspecified atom stereocenters. The molecule has 0 aromatic carbocycles. The number of amides is 1. The topological polar surface area (TPSA) is 48.5 Å². The number of nitrogens with zero attached hydrogens (tertiary/aromatic N) is 3. The quantitative estimate of drug-likeness (QED) is 0.882. The van der Waals surface area contributed by atoms with Gasteiger partial charge in [0.15, 0.2) is 0 Å². The molecule has 2 aliphatic rings. The van der Waals surface area contributed by atoms with E-state index in [-0.39, 0.29) is 5.91 Å². The summed E-state index contributed by atoms with van der Waals surface area (Å²) in [6.07, 6.45) is 8.80. The Morgan fingerprint density at radius 3 is 2.83 bits per heavy atom. The van der Waals surface area contributed by atoms with E-state index in [9.17, 15) is 4.79 Å². The zero-order valence-electron chi connectivity index (χ0n) is 14.5. The molecule has 2 atom stereocenters. The number of rotatable bonds is 5. The lowest BCUT2D eigenvalue weighted by Gasteiger charge is -2.35. The minimum absolute atomic E-state index is 0.188. The van der Waals surface area contributed by atoms with Crippen LogP contribution in [0.25, 0.3) is 0 Å². The number of thioether (sulfide) groups is 1. The van der Waals surface area contributed by atoms with Crippen LogP contribution in [0, 0.1) is 0 Å². The molecule has 1 aromatic rings. The highest BCUT2D eigenvalue weighted by Crippen LogP contribution is 2.26. The summed E-state index contributed by atoms with van der Waals surface area (Å²) in [5, 5.41) is 3.97. The highest BCUT2D eigenvalue weighted by Gasteiger charge is 2.24. The average molecular weight is 349 g/mol. The predicted octanol–water partition coefficient (Wildman–Crippen LogP) is 1.99. The second-order valence-electron chi connectivity index (χ2n) is 6.74. The molecule has 1 aliphatic carbocycles. The Morgan fingerprint density at radius 1 is 1.29 bits per heavy atom. The third-order valence-corrected chi connectivity index (χ3v) is 6.13. The van der Waals surface area contributed by atoms with Crippen LogP contribution in [0.5, 0.6) is 0 Å². The number of carbonyl (C=O) groups excluding carboxylic acids is 1. The summed E-state index contributed by atoms with van der Waals surface area (Å²) in [7, 11) is 0. The number of hydrogen-bond donors (Lipinski definition) is 1. The summed E-state index contributed by atoms with van der Waals surface area (Å²) in [6, 6.07) is 6.39. The third kappa shape index (κ3) is 4.86. The fourth-order valence-corrected chi connectivity index (χ4v) is 4.47. The lowest BCUT2D eigenvalue weighted by atomic mass is 9.95. The van der Waals surface area contributed by atoms with Crippen LogP contribution in [0.15, 0.2) is 24.4 Å². The zero-order chi connectivity index (χ0) is 16.8. The standard InChI is InChI=1S/C18H28N4OS/c1-24-16-6-4-5-15(13-16)20-18(23)14-21-9-11-22(12-10-21)17-7-2-3-8-19-17/h2-3,7-8,15-16H,4-6,9-14H2,1H3,(H,20,23)/t15-,16-/m0/s1. The van der Waals surface area contributed by atoms with Gasteiger partial charge in [-0.2, -0.15) is 11.8 Å². The van der Waals surface area contributed by atoms with Crippen LogP contribution in [0.2, 0.25) is 0 Å². The van der Waals surface area contributed by atoms with Crippen molar-refractivity contribution in [2.24, 2.45) is 0 Å². The molecule has 5 nitrogen and oxygen atoms in total. The van der Waals surface area contributed by atoms with E-state index >= 15 is 0 Å². The van der Waals surface area contributed by atoms with E-state index in [1.807, 2.05) is 36.2 Å². The van der Waals surface area contributed by atoms with Crippen molar-refractivity contribution in [3.63, 3.8) is 0 Å². The first-order valence-corrected chi connectivity index (χ1v) is 10.2. The number of piperazine rings is 1. The van der Waals surface area contributed by atoms with Gasteiger partial charge in [-0.15, -0.1) is 0 Å². The maximum absolute atomic E-state index is 12.3. The van der Waals surface area contributed by atoms with Crippen LogP contribution in [0.4, 0.5) is 5.82 Å². The van der Waals surface area contributed by atoms with Gasteiger partial charge in [0.05, 0.1) is 6.54 Å². The van der Waals surface area contributed by atoms with Crippen LogP contribution < -0.4 is 10.2 Å². The van der Waals surface area contributed by atoms with E-state index in [4.69, 9.17) is 0 Å². The summed E-state index contributed by atoms with van der Waals surface area (Å²) < 4.78 is 0. The summed E-state index contributed by atoms with van der Waals surface area (Å²) in [4.78, 5) is 21.3. The van der Waals surface area contributed by atoms with Gasteiger partial charge in [0.25, 0.3) is 0 Å². The number of pyridine rings is 1. The van der Waals surface area contributed by atoms with Crippen molar-refractivity contribution in [3.8, 4) is 0 Å².